The van der Waals surface area contributed by atoms with Crippen molar-refractivity contribution >= 4 is 11.8 Å². The molecule has 0 aromatic carbocycles. The van der Waals surface area contributed by atoms with Crippen LogP contribution in [0.5, 0.6) is 0 Å². The highest BCUT2D eigenvalue weighted by Crippen LogP contribution is 2.29. The Morgan fingerprint density at radius 1 is 1.48 bits per heavy atom. The number of nitrogens with one attached hydrogen (secondary N) is 1. The van der Waals surface area contributed by atoms with Crippen LogP contribution in [0, 0.1) is 11.8 Å². The molecule has 2 heterocycles. The molecule has 2 rings (SSSR count). The summed E-state index contributed by atoms with van der Waals surface area (Å²) in [6, 6.07) is 3.58. The van der Waals surface area contributed by atoms with Crippen molar-refractivity contribution in [3.8, 4) is 0 Å². The molecule has 0 bridgehead atoms. The highest BCUT2D eigenvalue weighted by Gasteiger charge is 2.31. The molecule has 2 amide bonds. The van der Waals surface area contributed by atoms with E-state index in [4.69, 9.17) is 0 Å². The SMILES string of the molecule is C=CCNC(=O)CC1CCN(C(=O)c2cccnc2)CC1CC. The molecular weight excluding hydrogens is 290 g/mol. The number of hydrogen-bond acceptors (Lipinski definition) is 3. The minimum atomic E-state index is 0.0334. The second kappa shape index (κ2) is 8.46. The molecule has 124 valence electrons. The Morgan fingerprint density at radius 2 is 2.30 bits per heavy atom. The largest absolute Gasteiger partial charge is 0.353 e. The van der Waals surface area contributed by atoms with Gasteiger partial charge in [0.25, 0.3) is 5.91 Å². The third kappa shape index (κ3) is 4.65. The van der Waals surface area contributed by atoms with Gasteiger partial charge in [-0.05, 0) is 30.4 Å². The first kappa shape index (κ1) is 17.2. The number of carbonyl (C=O) groups is 2. The summed E-state index contributed by atoms with van der Waals surface area (Å²) in [6.07, 6.45) is 7.33. The molecule has 1 N–H and O–H groups in total. The zero-order valence-corrected chi connectivity index (χ0v) is 13.7. The Morgan fingerprint density at radius 3 is 2.96 bits per heavy atom. The number of rotatable bonds is 6. The first-order valence-electron chi connectivity index (χ1n) is 8.22. The van der Waals surface area contributed by atoms with Crippen LogP contribution in [-0.4, -0.2) is 41.3 Å². The normalized spacial score (nSPS) is 20.8. The number of piperidine rings is 1. The summed E-state index contributed by atoms with van der Waals surface area (Å²) in [4.78, 5) is 30.4. The molecule has 5 heteroatoms. The van der Waals surface area contributed by atoms with Crippen LogP contribution < -0.4 is 5.32 Å². The minimum absolute atomic E-state index is 0.0334. The Bertz CT molecular complexity index is 544. The predicted molar refractivity (Wildman–Crippen MR) is 89.9 cm³/mol. The van der Waals surface area contributed by atoms with E-state index < -0.39 is 0 Å². The molecule has 1 saturated heterocycles. The topological polar surface area (TPSA) is 62.3 Å². The van der Waals surface area contributed by atoms with Gasteiger partial charge >= 0.3 is 0 Å². The number of likely N-dealkylation sites (tertiary alicyclic amines) is 1. The Labute approximate surface area is 137 Å². The lowest BCUT2D eigenvalue weighted by molar-refractivity contribution is -0.122. The van der Waals surface area contributed by atoms with E-state index in [2.05, 4.69) is 23.8 Å². The van der Waals surface area contributed by atoms with Gasteiger partial charge in [0.15, 0.2) is 0 Å². The highest BCUT2D eigenvalue weighted by atomic mass is 16.2. The maximum atomic E-state index is 12.5. The van der Waals surface area contributed by atoms with Crippen LogP contribution in [0.2, 0.25) is 0 Å². The van der Waals surface area contributed by atoms with Gasteiger partial charge in [0.05, 0.1) is 5.56 Å². The van der Waals surface area contributed by atoms with Gasteiger partial charge in [-0.25, -0.2) is 0 Å². The van der Waals surface area contributed by atoms with Crippen molar-refractivity contribution < 1.29 is 9.59 Å². The molecule has 2 unspecified atom stereocenters. The Balaban J connectivity index is 1.94. The van der Waals surface area contributed by atoms with Gasteiger partial charge in [-0.3, -0.25) is 14.6 Å². The van der Waals surface area contributed by atoms with E-state index in [1.54, 1.807) is 30.6 Å². The second-order valence-corrected chi connectivity index (χ2v) is 6.01. The van der Waals surface area contributed by atoms with Crippen LogP contribution in [0.15, 0.2) is 37.2 Å². The van der Waals surface area contributed by atoms with Crippen LogP contribution in [0.25, 0.3) is 0 Å². The number of carbonyl (C=O) groups excluding carboxylic acids is 2. The van der Waals surface area contributed by atoms with Gasteiger partial charge in [-0.2, -0.15) is 0 Å². The zero-order chi connectivity index (χ0) is 16.7. The predicted octanol–water partition coefficient (Wildman–Crippen LogP) is 2.26. The van der Waals surface area contributed by atoms with Crippen LogP contribution >= 0.6 is 0 Å². The highest BCUT2D eigenvalue weighted by molar-refractivity contribution is 5.93. The number of nitrogens with zero attached hydrogens (tertiary/aromatic N) is 2. The van der Waals surface area contributed by atoms with Crippen molar-refractivity contribution in [3.63, 3.8) is 0 Å². The molecule has 0 spiro atoms. The first-order valence-corrected chi connectivity index (χ1v) is 8.22. The molecular formula is C18H25N3O2. The molecule has 1 aromatic rings. The third-order valence-electron chi connectivity index (χ3n) is 4.50. The van der Waals surface area contributed by atoms with Crippen molar-refractivity contribution in [1.82, 2.24) is 15.2 Å². The number of aromatic nitrogens is 1. The van der Waals surface area contributed by atoms with E-state index in [0.717, 1.165) is 12.8 Å². The summed E-state index contributed by atoms with van der Waals surface area (Å²) in [5.41, 5.74) is 0.629. The molecule has 1 aliphatic heterocycles. The van der Waals surface area contributed by atoms with Crippen LogP contribution in [0.3, 0.4) is 0 Å². The lowest BCUT2D eigenvalue weighted by atomic mass is 9.81. The summed E-state index contributed by atoms with van der Waals surface area (Å²) in [6.45, 7) is 7.65. The third-order valence-corrected chi connectivity index (χ3v) is 4.50. The second-order valence-electron chi connectivity index (χ2n) is 6.01. The fourth-order valence-electron chi connectivity index (χ4n) is 3.16. The number of hydrogen-bond donors (Lipinski definition) is 1. The molecule has 0 aliphatic carbocycles. The lowest BCUT2D eigenvalue weighted by Crippen LogP contribution is -2.44. The number of amides is 2. The average molecular weight is 315 g/mol. The quantitative estimate of drug-likeness (QED) is 0.819. The fraction of sp³-hybridized carbons (Fsp3) is 0.500. The number of pyridine rings is 1. The van der Waals surface area contributed by atoms with Gasteiger partial charge < -0.3 is 10.2 Å². The van der Waals surface area contributed by atoms with E-state index in [-0.39, 0.29) is 11.8 Å². The van der Waals surface area contributed by atoms with E-state index in [1.807, 2.05) is 4.90 Å². The maximum absolute atomic E-state index is 12.5. The van der Waals surface area contributed by atoms with Crippen molar-refractivity contribution in [3.05, 3.63) is 42.7 Å². The summed E-state index contributed by atoms with van der Waals surface area (Å²) in [5.74, 6) is 0.799. The summed E-state index contributed by atoms with van der Waals surface area (Å²) >= 11 is 0. The molecule has 1 aliphatic rings. The lowest BCUT2D eigenvalue weighted by Gasteiger charge is -2.38. The fourth-order valence-corrected chi connectivity index (χ4v) is 3.16. The smallest absolute Gasteiger partial charge is 0.255 e. The van der Waals surface area contributed by atoms with E-state index in [1.165, 1.54) is 0 Å². The van der Waals surface area contributed by atoms with Gasteiger partial charge in [0, 0.05) is 38.4 Å². The van der Waals surface area contributed by atoms with Crippen LogP contribution in [0.4, 0.5) is 0 Å². The van der Waals surface area contributed by atoms with Crippen LogP contribution in [0.1, 0.15) is 36.5 Å². The molecule has 23 heavy (non-hydrogen) atoms. The Kier molecular flexibility index (Phi) is 6.32. The molecule has 1 fully saturated rings. The zero-order valence-electron chi connectivity index (χ0n) is 13.7. The summed E-state index contributed by atoms with van der Waals surface area (Å²) < 4.78 is 0. The van der Waals surface area contributed by atoms with E-state index in [9.17, 15) is 9.59 Å². The van der Waals surface area contributed by atoms with Crippen LogP contribution in [-0.2, 0) is 4.79 Å². The van der Waals surface area contributed by atoms with Crippen molar-refractivity contribution in [2.75, 3.05) is 19.6 Å². The van der Waals surface area contributed by atoms with E-state index in [0.29, 0.717) is 43.5 Å². The van der Waals surface area contributed by atoms with Gasteiger partial charge in [0.2, 0.25) is 5.91 Å². The first-order chi connectivity index (χ1) is 11.2. The average Bonchev–Trinajstić information content (AvgIpc) is 2.60. The Hall–Kier alpha value is -2.17. The molecule has 0 saturated carbocycles. The van der Waals surface area contributed by atoms with Gasteiger partial charge in [-0.15, -0.1) is 6.58 Å². The van der Waals surface area contributed by atoms with Crippen molar-refractivity contribution in [1.29, 1.82) is 0 Å². The summed E-state index contributed by atoms with van der Waals surface area (Å²) in [5, 5.41) is 2.84. The van der Waals surface area contributed by atoms with Gasteiger partial charge in [0.1, 0.15) is 0 Å². The monoisotopic (exact) mass is 315 g/mol. The van der Waals surface area contributed by atoms with E-state index >= 15 is 0 Å². The van der Waals surface area contributed by atoms with Crippen molar-refractivity contribution in [2.24, 2.45) is 11.8 Å². The molecule has 1 aromatic heterocycles. The van der Waals surface area contributed by atoms with Gasteiger partial charge in [-0.1, -0.05) is 19.4 Å². The standard InChI is InChI=1S/C18H25N3O2/c1-3-8-20-17(22)11-15-7-10-21(13-14(15)4-2)18(23)16-6-5-9-19-12-16/h3,5-6,9,12,14-15H,1,4,7-8,10-11,13H2,2H3,(H,20,22). The molecule has 0 radical (unpaired) electrons. The summed E-state index contributed by atoms with van der Waals surface area (Å²) in [7, 11) is 0. The minimum Gasteiger partial charge on any atom is -0.353 e. The maximum Gasteiger partial charge on any atom is 0.255 e. The van der Waals surface area contributed by atoms with Crippen molar-refractivity contribution in [2.45, 2.75) is 26.2 Å². The molecule has 2 atom stereocenters. The molecule has 5 nitrogen and oxygen atoms in total.